The molecule has 0 aromatic heterocycles. The second kappa shape index (κ2) is 384. The Morgan fingerprint density at radius 1 is 0.583 bits per heavy atom. The molecule has 0 aliphatic carbocycles. The second-order valence-electron chi connectivity index (χ2n) is 0.316. The van der Waals surface area contributed by atoms with Crippen LogP contribution >= 0.6 is 0 Å². The molecule has 12 heavy (non-hydrogen) atoms. The highest BCUT2D eigenvalue weighted by atomic mass is 16.4. The topological polar surface area (TPSA) is 217 Å². The summed E-state index contributed by atoms with van der Waals surface area (Å²) in [4.78, 5) is 25.1. The number of carboxylic acid groups (broad SMARTS) is 3. The minimum atomic E-state index is -0.250. The molecule has 0 heterocycles. The predicted molar refractivity (Wildman–Crippen MR) is 41.1 cm³/mol. The van der Waals surface area contributed by atoms with Crippen molar-refractivity contribution in [1.29, 1.82) is 0 Å². The Kier molecular flexibility index (Phi) is 1540. The highest BCUT2D eigenvalue weighted by molar-refractivity contribution is 5.33. The van der Waals surface area contributed by atoms with E-state index in [0.717, 1.165) is 0 Å². The molecule has 0 rings (SSSR count). The van der Waals surface area contributed by atoms with Crippen molar-refractivity contribution in [3.05, 3.63) is 0 Å². The van der Waals surface area contributed by atoms with Gasteiger partial charge in [-0.1, -0.05) is 0 Å². The average Bonchev–Trinajstić information content (AvgIpc) is 1.70. The van der Waals surface area contributed by atoms with Gasteiger partial charge >= 0.3 is 0 Å². The quantitative estimate of drug-likeness (QED) is 0.272. The van der Waals surface area contributed by atoms with Crippen LogP contribution in [0.5, 0.6) is 0 Å². The van der Waals surface area contributed by atoms with Crippen LogP contribution < -0.4 is 18.5 Å². The molecule has 0 aromatic rings. The predicted octanol–water partition coefficient (Wildman–Crippen LogP) is -0.412. The van der Waals surface area contributed by atoms with Gasteiger partial charge in [-0.2, -0.15) is 0 Å². The molecule has 0 amide bonds. The maximum Gasteiger partial charge on any atom is 0.290 e. The number of carbonyl (C=O) groups is 3. The molecule has 0 saturated carbocycles. The van der Waals surface area contributed by atoms with Crippen molar-refractivity contribution < 1.29 is 29.7 Å². The molecule has 0 saturated heterocycles. The van der Waals surface area contributed by atoms with Crippen molar-refractivity contribution in [3.8, 4) is 0 Å². The van der Waals surface area contributed by atoms with Crippen LogP contribution in [0.15, 0.2) is 0 Å². The van der Waals surface area contributed by atoms with Crippen LogP contribution in [0, 0.1) is 0 Å². The van der Waals surface area contributed by atoms with E-state index in [-0.39, 0.29) is 37.9 Å². The standard InChI is InChI=1S/3CH2O2.3H3N/c3*2-1-3;;;/h3*1H,(H,2,3);3*1H3. The fourth-order valence-corrected chi connectivity index (χ4v) is 0. The molecular weight excluding hydrogens is 174 g/mol. The zero-order chi connectivity index (χ0) is 8.12. The molecule has 9 nitrogen and oxygen atoms in total. The molecule has 78 valence electrons. The van der Waals surface area contributed by atoms with Gasteiger partial charge < -0.3 is 33.8 Å². The normalized spacial score (nSPS) is 3.00. The molecule has 0 aliphatic heterocycles. The maximum absolute atomic E-state index is 8.36. The Morgan fingerprint density at radius 2 is 0.583 bits per heavy atom. The molecule has 12 N–H and O–H groups in total. The highest BCUT2D eigenvalue weighted by Crippen LogP contribution is 0.972. The Bertz CT molecular complexity index is 54.8. The molecule has 0 aliphatic rings. The van der Waals surface area contributed by atoms with Gasteiger partial charge in [0.2, 0.25) is 0 Å². The van der Waals surface area contributed by atoms with Crippen LogP contribution in [0.3, 0.4) is 0 Å². The zero-order valence-corrected chi connectivity index (χ0v) is 6.42. The molecule has 0 radical (unpaired) electrons. The number of rotatable bonds is 0. The van der Waals surface area contributed by atoms with E-state index in [0.29, 0.717) is 0 Å². The Balaban J connectivity index is -0.00000001000. The lowest BCUT2D eigenvalue weighted by Crippen LogP contribution is -1.49. The van der Waals surface area contributed by atoms with E-state index in [1.165, 1.54) is 0 Å². The van der Waals surface area contributed by atoms with Crippen LogP contribution in [0.1, 0.15) is 0 Å². The Hall–Kier alpha value is -1.71. The summed E-state index contributed by atoms with van der Waals surface area (Å²) in [6.45, 7) is -0.750. The lowest BCUT2D eigenvalue weighted by atomic mass is 11.7. The van der Waals surface area contributed by atoms with Crippen molar-refractivity contribution in [2.24, 2.45) is 0 Å². The van der Waals surface area contributed by atoms with E-state index in [1.807, 2.05) is 0 Å². The Labute approximate surface area is 68.8 Å². The third-order valence-electron chi connectivity index (χ3n) is 0. The SMILES string of the molecule is N.N.N.O=CO.O=CO.O=CO. The second-order valence-corrected chi connectivity index (χ2v) is 0.316. The van der Waals surface area contributed by atoms with E-state index in [9.17, 15) is 0 Å². The lowest BCUT2D eigenvalue weighted by molar-refractivity contribution is -0.123. The third kappa shape index (κ3) is 151. The van der Waals surface area contributed by atoms with Gasteiger partial charge in [0.1, 0.15) is 0 Å². The first kappa shape index (κ1) is 48.3. The summed E-state index contributed by atoms with van der Waals surface area (Å²) in [5.41, 5.74) is 0. The van der Waals surface area contributed by atoms with Gasteiger partial charge in [0.15, 0.2) is 0 Å². The van der Waals surface area contributed by atoms with E-state index >= 15 is 0 Å². The highest BCUT2D eigenvalue weighted by Gasteiger charge is 1.22. The molecule has 0 fully saturated rings. The van der Waals surface area contributed by atoms with Gasteiger partial charge in [-0.25, -0.2) is 0 Å². The first-order valence-electron chi connectivity index (χ1n) is 1.48. The summed E-state index contributed by atoms with van der Waals surface area (Å²) in [6.07, 6.45) is 0. The number of hydrogen-bond acceptors (Lipinski definition) is 6. The van der Waals surface area contributed by atoms with Gasteiger partial charge in [0.05, 0.1) is 0 Å². The maximum atomic E-state index is 8.36. The molecule has 0 bridgehead atoms. The summed E-state index contributed by atoms with van der Waals surface area (Å²) in [5.74, 6) is 0. The monoisotopic (exact) mass is 189 g/mol. The average molecular weight is 189 g/mol. The Morgan fingerprint density at radius 3 is 0.583 bits per heavy atom. The largest absolute Gasteiger partial charge is 0.483 e. The van der Waals surface area contributed by atoms with Crippen molar-refractivity contribution >= 4 is 19.4 Å². The van der Waals surface area contributed by atoms with Gasteiger partial charge in [0.25, 0.3) is 19.4 Å². The van der Waals surface area contributed by atoms with E-state index in [2.05, 4.69) is 0 Å². The fraction of sp³-hybridized carbons (Fsp3) is 0. The van der Waals surface area contributed by atoms with Crippen molar-refractivity contribution in [1.82, 2.24) is 18.5 Å². The third-order valence-corrected chi connectivity index (χ3v) is 0. The summed E-state index contributed by atoms with van der Waals surface area (Å²) in [5, 5.41) is 20.7. The molecule has 0 unspecified atom stereocenters. The van der Waals surface area contributed by atoms with Crippen LogP contribution in [-0.4, -0.2) is 34.7 Å². The molecule has 0 spiro atoms. The smallest absolute Gasteiger partial charge is 0.290 e. The van der Waals surface area contributed by atoms with Crippen LogP contribution in [0.4, 0.5) is 0 Å². The molecule has 0 atom stereocenters. The lowest BCUT2D eigenvalue weighted by Gasteiger charge is -1.34. The fourth-order valence-electron chi connectivity index (χ4n) is 0. The number of hydrogen-bond donors (Lipinski definition) is 6. The molecular formula is C3H15N3O6. The summed E-state index contributed by atoms with van der Waals surface area (Å²) >= 11 is 0. The van der Waals surface area contributed by atoms with E-state index in [4.69, 9.17) is 29.7 Å². The van der Waals surface area contributed by atoms with E-state index in [1.54, 1.807) is 0 Å². The summed E-state index contributed by atoms with van der Waals surface area (Å²) < 4.78 is 0. The van der Waals surface area contributed by atoms with Crippen molar-refractivity contribution in [3.63, 3.8) is 0 Å². The first-order valence-corrected chi connectivity index (χ1v) is 1.48. The molecule has 0 aromatic carbocycles. The van der Waals surface area contributed by atoms with Gasteiger partial charge in [-0.3, -0.25) is 14.4 Å². The minimum absolute atomic E-state index is 0. The van der Waals surface area contributed by atoms with Crippen LogP contribution in [0.2, 0.25) is 0 Å². The minimum Gasteiger partial charge on any atom is -0.483 e. The van der Waals surface area contributed by atoms with E-state index < -0.39 is 0 Å². The summed E-state index contributed by atoms with van der Waals surface area (Å²) in [6, 6.07) is 0. The van der Waals surface area contributed by atoms with Gasteiger partial charge in [0, 0.05) is 0 Å². The first-order chi connectivity index (χ1) is 4.24. The van der Waals surface area contributed by atoms with Crippen molar-refractivity contribution in [2.45, 2.75) is 0 Å². The van der Waals surface area contributed by atoms with Crippen LogP contribution in [0.25, 0.3) is 0 Å². The van der Waals surface area contributed by atoms with Gasteiger partial charge in [-0.05, 0) is 0 Å². The van der Waals surface area contributed by atoms with Crippen LogP contribution in [-0.2, 0) is 14.4 Å². The van der Waals surface area contributed by atoms with Crippen molar-refractivity contribution in [2.75, 3.05) is 0 Å². The molecule has 9 heteroatoms. The summed E-state index contributed by atoms with van der Waals surface area (Å²) in [7, 11) is 0. The zero-order valence-electron chi connectivity index (χ0n) is 6.42. The van der Waals surface area contributed by atoms with Gasteiger partial charge in [-0.15, -0.1) is 0 Å².